The second-order valence-electron chi connectivity index (χ2n) is 5.02. The Morgan fingerprint density at radius 3 is 2.70 bits per heavy atom. The van der Waals surface area contributed by atoms with Crippen LogP contribution in [0.4, 0.5) is 5.13 Å². The zero-order valence-electron chi connectivity index (χ0n) is 10.7. The summed E-state index contributed by atoms with van der Waals surface area (Å²) in [6.07, 6.45) is 1.63. The normalized spacial score (nSPS) is 22.0. The number of anilines is 1. The SMILES string of the molecule is O=C(O)C1CCC(C(=O)Nc2nc3ccccc3s2)C1. The molecule has 6 heteroatoms. The third-order valence-corrected chi connectivity index (χ3v) is 4.63. The molecule has 2 atom stereocenters. The van der Waals surface area contributed by atoms with Gasteiger partial charge in [0.1, 0.15) is 0 Å². The number of rotatable bonds is 3. The number of aliphatic carboxylic acids is 1. The standard InChI is InChI=1S/C14H14N2O3S/c17-12(8-5-6-9(7-8)13(18)19)16-14-15-10-3-1-2-4-11(10)20-14/h1-4,8-9H,5-7H2,(H,18,19)(H,15,16,17). The van der Waals surface area contributed by atoms with E-state index in [0.717, 1.165) is 10.2 Å². The van der Waals surface area contributed by atoms with E-state index in [-0.39, 0.29) is 17.7 Å². The lowest BCUT2D eigenvalue weighted by atomic mass is 10.0. The van der Waals surface area contributed by atoms with Crippen LogP contribution in [0.25, 0.3) is 10.2 Å². The van der Waals surface area contributed by atoms with E-state index in [0.29, 0.717) is 24.4 Å². The number of carboxylic acids is 1. The maximum Gasteiger partial charge on any atom is 0.306 e. The number of hydrogen-bond donors (Lipinski definition) is 2. The summed E-state index contributed by atoms with van der Waals surface area (Å²) in [6.45, 7) is 0. The van der Waals surface area contributed by atoms with Gasteiger partial charge in [-0.25, -0.2) is 4.98 Å². The molecule has 0 saturated heterocycles. The Balaban J connectivity index is 1.68. The lowest BCUT2D eigenvalue weighted by molar-refractivity contribution is -0.141. The minimum atomic E-state index is -0.805. The molecule has 1 aromatic heterocycles. The highest BCUT2D eigenvalue weighted by molar-refractivity contribution is 7.22. The number of aromatic nitrogens is 1. The predicted molar refractivity (Wildman–Crippen MR) is 76.7 cm³/mol. The Labute approximate surface area is 119 Å². The molecular weight excluding hydrogens is 276 g/mol. The first kappa shape index (κ1) is 13.1. The number of nitrogens with one attached hydrogen (secondary N) is 1. The summed E-state index contributed by atoms with van der Waals surface area (Å²) in [4.78, 5) is 27.4. The molecule has 104 valence electrons. The van der Waals surface area contributed by atoms with Crippen LogP contribution in [0.5, 0.6) is 0 Å². The van der Waals surface area contributed by atoms with Crippen molar-refractivity contribution in [3.05, 3.63) is 24.3 Å². The zero-order valence-corrected chi connectivity index (χ0v) is 11.5. The maximum absolute atomic E-state index is 12.1. The van der Waals surface area contributed by atoms with Crippen LogP contribution in [0.2, 0.25) is 0 Å². The molecule has 1 aliphatic rings. The number of para-hydroxylation sites is 1. The van der Waals surface area contributed by atoms with Gasteiger partial charge in [0.25, 0.3) is 0 Å². The molecule has 0 bridgehead atoms. The van der Waals surface area contributed by atoms with Crippen molar-refractivity contribution in [3.8, 4) is 0 Å². The fourth-order valence-corrected chi connectivity index (χ4v) is 3.45. The maximum atomic E-state index is 12.1. The predicted octanol–water partition coefficient (Wildman–Crippen LogP) is 2.74. The van der Waals surface area contributed by atoms with Crippen molar-refractivity contribution in [1.29, 1.82) is 0 Å². The van der Waals surface area contributed by atoms with Crippen molar-refractivity contribution in [2.24, 2.45) is 11.8 Å². The Morgan fingerprint density at radius 1 is 1.25 bits per heavy atom. The number of carboxylic acid groups (broad SMARTS) is 1. The minimum Gasteiger partial charge on any atom is -0.481 e. The number of amides is 1. The van der Waals surface area contributed by atoms with Crippen LogP contribution in [-0.4, -0.2) is 22.0 Å². The van der Waals surface area contributed by atoms with Gasteiger partial charge in [-0.05, 0) is 31.4 Å². The molecule has 1 aromatic carbocycles. The van der Waals surface area contributed by atoms with Crippen LogP contribution in [-0.2, 0) is 9.59 Å². The van der Waals surface area contributed by atoms with E-state index >= 15 is 0 Å². The highest BCUT2D eigenvalue weighted by atomic mass is 32.1. The zero-order chi connectivity index (χ0) is 14.1. The van der Waals surface area contributed by atoms with E-state index in [1.807, 2.05) is 24.3 Å². The summed E-state index contributed by atoms with van der Waals surface area (Å²) in [5.41, 5.74) is 0.864. The topological polar surface area (TPSA) is 79.3 Å². The van der Waals surface area contributed by atoms with E-state index in [1.54, 1.807) is 0 Å². The first-order valence-electron chi connectivity index (χ1n) is 6.53. The smallest absolute Gasteiger partial charge is 0.306 e. The Bertz CT molecular complexity index is 634. The van der Waals surface area contributed by atoms with Gasteiger partial charge in [0, 0.05) is 5.92 Å². The molecule has 0 aliphatic heterocycles. The third-order valence-electron chi connectivity index (χ3n) is 3.68. The molecule has 1 aliphatic carbocycles. The summed E-state index contributed by atoms with van der Waals surface area (Å²) >= 11 is 1.43. The largest absolute Gasteiger partial charge is 0.481 e. The average Bonchev–Trinajstić information content (AvgIpc) is 3.04. The average molecular weight is 290 g/mol. The molecule has 1 fully saturated rings. The molecule has 1 heterocycles. The fourth-order valence-electron chi connectivity index (χ4n) is 2.58. The molecule has 3 rings (SSSR count). The van der Waals surface area contributed by atoms with E-state index in [2.05, 4.69) is 10.3 Å². The van der Waals surface area contributed by atoms with Gasteiger partial charge in [0.15, 0.2) is 5.13 Å². The van der Waals surface area contributed by atoms with Crippen LogP contribution >= 0.6 is 11.3 Å². The monoisotopic (exact) mass is 290 g/mol. The van der Waals surface area contributed by atoms with Crippen LogP contribution in [0.1, 0.15) is 19.3 Å². The first-order valence-corrected chi connectivity index (χ1v) is 7.34. The first-order chi connectivity index (χ1) is 9.63. The minimum absolute atomic E-state index is 0.118. The molecule has 2 aromatic rings. The molecular formula is C14H14N2O3S. The van der Waals surface area contributed by atoms with Crippen LogP contribution in [0.3, 0.4) is 0 Å². The summed E-state index contributed by atoms with van der Waals surface area (Å²) in [5, 5.41) is 12.3. The third kappa shape index (κ3) is 2.51. The van der Waals surface area contributed by atoms with E-state index in [4.69, 9.17) is 5.11 Å². The van der Waals surface area contributed by atoms with Crippen molar-refractivity contribution < 1.29 is 14.7 Å². The van der Waals surface area contributed by atoms with Crippen molar-refractivity contribution in [2.75, 3.05) is 5.32 Å². The summed E-state index contributed by atoms with van der Waals surface area (Å²) in [5.74, 6) is -1.53. The number of nitrogens with zero attached hydrogens (tertiary/aromatic N) is 1. The van der Waals surface area contributed by atoms with E-state index in [1.165, 1.54) is 11.3 Å². The molecule has 0 spiro atoms. The van der Waals surface area contributed by atoms with Crippen LogP contribution in [0, 0.1) is 11.8 Å². The van der Waals surface area contributed by atoms with Gasteiger partial charge >= 0.3 is 5.97 Å². The van der Waals surface area contributed by atoms with Gasteiger partial charge in [0.05, 0.1) is 16.1 Å². The fraction of sp³-hybridized carbons (Fsp3) is 0.357. The second-order valence-corrected chi connectivity index (χ2v) is 6.05. The molecule has 20 heavy (non-hydrogen) atoms. The number of carbonyl (C=O) groups excluding carboxylic acids is 1. The Morgan fingerprint density at radius 2 is 2.00 bits per heavy atom. The number of hydrogen-bond acceptors (Lipinski definition) is 4. The summed E-state index contributed by atoms with van der Waals surface area (Å²) < 4.78 is 1.03. The van der Waals surface area contributed by atoms with Gasteiger partial charge in [-0.1, -0.05) is 23.5 Å². The number of fused-ring (bicyclic) bond motifs is 1. The molecule has 2 N–H and O–H groups in total. The van der Waals surface area contributed by atoms with Crippen LogP contribution in [0.15, 0.2) is 24.3 Å². The van der Waals surface area contributed by atoms with Crippen LogP contribution < -0.4 is 5.32 Å². The van der Waals surface area contributed by atoms with Gasteiger partial charge in [-0.15, -0.1) is 0 Å². The summed E-state index contributed by atoms with van der Waals surface area (Å²) in [6, 6.07) is 7.69. The molecule has 2 unspecified atom stereocenters. The highest BCUT2D eigenvalue weighted by Gasteiger charge is 2.34. The number of benzene rings is 1. The lowest BCUT2D eigenvalue weighted by Crippen LogP contribution is -2.21. The van der Waals surface area contributed by atoms with E-state index in [9.17, 15) is 9.59 Å². The lowest BCUT2D eigenvalue weighted by Gasteiger charge is -2.08. The molecule has 5 nitrogen and oxygen atoms in total. The van der Waals surface area contributed by atoms with Gasteiger partial charge in [-0.2, -0.15) is 0 Å². The number of carbonyl (C=O) groups is 2. The van der Waals surface area contributed by atoms with Crippen molar-refractivity contribution in [2.45, 2.75) is 19.3 Å². The van der Waals surface area contributed by atoms with E-state index < -0.39 is 5.97 Å². The van der Waals surface area contributed by atoms with Gasteiger partial charge in [-0.3, -0.25) is 9.59 Å². The highest BCUT2D eigenvalue weighted by Crippen LogP contribution is 2.33. The molecule has 0 radical (unpaired) electrons. The summed E-state index contributed by atoms with van der Waals surface area (Å²) in [7, 11) is 0. The second kappa shape index (κ2) is 5.20. The molecule has 1 saturated carbocycles. The van der Waals surface area contributed by atoms with Crippen molar-refractivity contribution in [1.82, 2.24) is 4.98 Å². The Hall–Kier alpha value is -1.95. The molecule has 1 amide bonds. The van der Waals surface area contributed by atoms with Crippen molar-refractivity contribution >= 4 is 38.6 Å². The van der Waals surface area contributed by atoms with Crippen molar-refractivity contribution in [3.63, 3.8) is 0 Å². The number of thiazole rings is 1. The Kier molecular flexibility index (Phi) is 3.40. The van der Waals surface area contributed by atoms with Gasteiger partial charge < -0.3 is 10.4 Å². The van der Waals surface area contributed by atoms with Gasteiger partial charge in [0.2, 0.25) is 5.91 Å². The quantitative estimate of drug-likeness (QED) is 0.911.